The molecule has 3 unspecified atom stereocenters. The molecule has 3 atom stereocenters. The van der Waals surface area contributed by atoms with Gasteiger partial charge in [-0.1, -0.05) is 55.8 Å². The fourth-order valence-corrected chi connectivity index (χ4v) is 8.05. The third-order valence-corrected chi connectivity index (χ3v) is 10.5. The van der Waals surface area contributed by atoms with Gasteiger partial charge in [0.1, 0.15) is 5.84 Å². The number of nitrogens with two attached hydrogens (primary N) is 1. The summed E-state index contributed by atoms with van der Waals surface area (Å²) in [6.07, 6.45) is 8.41. The topological polar surface area (TPSA) is 150 Å². The van der Waals surface area contributed by atoms with Crippen LogP contribution >= 0.6 is 11.6 Å². The minimum absolute atomic E-state index is 0.0799. The van der Waals surface area contributed by atoms with Crippen LogP contribution in [0.2, 0.25) is 5.02 Å². The number of nitrogens with one attached hydrogen (secondary N) is 1. The van der Waals surface area contributed by atoms with Crippen molar-refractivity contribution >= 4 is 41.2 Å². The quantitative estimate of drug-likeness (QED) is 0.114. The molecule has 0 radical (unpaired) electrons. The van der Waals surface area contributed by atoms with E-state index in [0.29, 0.717) is 29.2 Å². The van der Waals surface area contributed by atoms with Crippen LogP contribution in [0.15, 0.2) is 77.0 Å². The maximum atomic E-state index is 6.29. The van der Waals surface area contributed by atoms with Gasteiger partial charge in [0.05, 0.1) is 34.2 Å². The van der Waals surface area contributed by atoms with Crippen LogP contribution in [0.4, 0.5) is 17.6 Å². The molecule has 6 aromatic rings. The van der Waals surface area contributed by atoms with E-state index in [4.69, 9.17) is 47.5 Å². The zero-order valence-corrected chi connectivity index (χ0v) is 31.2. The van der Waals surface area contributed by atoms with E-state index in [-0.39, 0.29) is 17.8 Å². The number of benzene rings is 2. The minimum atomic E-state index is 0.0799. The van der Waals surface area contributed by atoms with Gasteiger partial charge in [-0.05, 0) is 61.3 Å². The van der Waals surface area contributed by atoms with E-state index in [1.165, 1.54) is 0 Å². The number of para-hydroxylation sites is 1. The lowest BCUT2D eigenvalue weighted by Gasteiger charge is -2.28. The summed E-state index contributed by atoms with van der Waals surface area (Å²) < 4.78 is 3.99. The Bertz CT molecular complexity index is 2380. The number of fused-ring (bicyclic) bond motifs is 6. The van der Waals surface area contributed by atoms with E-state index >= 15 is 0 Å². The fraction of sp³-hybridized carbons (Fsp3) is 0.300. The zero-order valence-electron chi connectivity index (χ0n) is 30.4. The molecule has 2 aliphatic carbocycles. The van der Waals surface area contributed by atoms with Crippen LogP contribution in [-0.2, 0) is 26.9 Å². The number of aromatic nitrogens is 8. The molecule has 12 nitrogen and oxygen atoms in total. The average Bonchev–Trinajstić information content (AvgIpc) is 3.66. The van der Waals surface area contributed by atoms with Gasteiger partial charge in [0.2, 0.25) is 5.95 Å². The highest BCUT2D eigenvalue weighted by molar-refractivity contribution is 6.30. The van der Waals surface area contributed by atoms with Crippen molar-refractivity contribution in [2.45, 2.75) is 57.3 Å². The largest absolute Gasteiger partial charge is 0.387 e. The van der Waals surface area contributed by atoms with Crippen LogP contribution < -0.4 is 11.1 Å². The van der Waals surface area contributed by atoms with Crippen LogP contribution in [0.1, 0.15) is 72.7 Å². The Morgan fingerprint density at radius 3 is 2.43 bits per heavy atom. The van der Waals surface area contributed by atoms with Crippen LogP contribution in [-0.4, -0.2) is 58.6 Å². The van der Waals surface area contributed by atoms with Gasteiger partial charge < -0.3 is 16.0 Å². The molecule has 0 aliphatic heterocycles. The smallest absolute Gasteiger partial charge is 0.251 e. The summed E-state index contributed by atoms with van der Waals surface area (Å²) in [5.74, 6) is 1.71. The first kappa shape index (κ1) is 34.3. The Hall–Kier alpha value is -5.75. The molecule has 8 rings (SSSR count). The minimum Gasteiger partial charge on any atom is -0.387 e. The highest BCUT2D eigenvalue weighted by Gasteiger charge is 2.36. The number of nitrogens with zero attached hydrogens (tertiary/aromatic N) is 10. The third-order valence-electron chi connectivity index (χ3n) is 10.3. The Balaban J connectivity index is 1.18. The van der Waals surface area contributed by atoms with Gasteiger partial charge in [0.15, 0.2) is 0 Å². The standard InChI is InChI=1S/C40H41ClN12/c1-22-18-30-33(35-28(22)20-44-39(48-35)46-27-9-7-6-8-10-27)37(52(4)50-30)23(2)17-25-19-31-34(38(53(5)51-31)24-11-13-26(41)14-12-24)36-29(25)21-45-40(49-36)47-32(42)15-16-43-3/h6-14,16,20-23,25H,15,17-19H2,1-5H3,(H,44,46,48)(H2,42,45,47,49). The van der Waals surface area contributed by atoms with Crippen LogP contribution in [0, 0.1) is 0 Å². The molecule has 0 fully saturated rings. The zero-order chi connectivity index (χ0) is 36.8. The molecule has 0 spiro atoms. The number of halogens is 1. The Morgan fingerprint density at radius 2 is 1.66 bits per heavy atom. The highest BCUT2D eigenvalue weighted by Crippen LogP contribution is 2.48. The lowest BCUT2D eigenvalue weighted by atomic mass is 9.77. The molecule has 3 N–H and O–H groups in total. The number of hydrogen-bond acceptors (Lipinski definition) is 9. The van der Waals surface area contributed by atoms with Gasteiger partial charge in [-0.3, -0.25) is 9.36 Å². The molecule has 2 aliphatic rings. The van der Waals surface area contributed by atoms with Crippen molar-refractivity contribution in [1.82, 2.24) is 39.5 Å². The molecule has 268 valence electrons. The molecule has 0 saturated heterocycles. The van der Waals surface area contributed by atoms with Gasteiger partial charge in [-0.2, -0.15) is 15.2 Å². The summed E-state index contributed by atoms with van der Waals surface area (Å²) in [4.78, 5) is 28.2. The summed E-state index contributed by atoms with van der Waals surface area (Å²) in [5, 5.41) is 14.2. The first-order chi connectivity index (χ1) is 25.7. The number of rotatable bonds is 9. The second-order valence-electron chi connectivity index (χ2n) is 14.0. The van der Waals surface area contributed by atoms with E-state index in [2.05, 4.69) is 33.8 Å². The molecule has 0 bridgehead atoms. The Morgan fingerprint density at radius 1 is 0.943 bits per heavy atom. The predicted molar refractivity (Wildman–Crippen MR) is 211 cm³/mol. The monoisotopic (exact) mass is 724 g/mol. The van der Waals surface area contributed by atoms with Crippen LogP contribution in [0.5, 0.6) is 0 Å². The van der Waals surface area contributed by atoms with E-state index in [1.54, 1.807) is 13.3 Å². The maximum absolute atomic E-state index is 6.29. The number of anilines is 2. The SMILES string of the molecule is CN=CCC(N)=Nc1ncc2c(n1)-c1c(nn(C)c1-c1ccc(Cl)cc1)CC2CC(C)c1c2c(nn1C)CC(C)c1cnc(Nc3ccccc3)nc1-2. The summed E-state index contributed by atoms with van der Waals surface area (Å²) in [6.45, 7) is 4.50. The Kier molecular flexibility index (Phi) is 9.07. The molecule has 2 aromatic carbocycles. The second-order valence-corrected chi connectivity index (χ2v) is 14.4. The fourth-order valence-electron chi connectivity index (χ4n) is 7.92. The summed E-state index contributed by atoms with van der Waals surface area (Å²) >= 11 is 6.29. The van der Waals surface area contributed by atoms with Crippen molar-refractivity contribution in [2.75, 3.05) is 12.4 Å². The van der Waals surface area contributed by atoms with Gasteiger partial charge in [0, 0.05) is 84.7 Å². The van der Waals surface area contributed by atoms with E-state index in [9.17, 15) is 0 Å². The lowest BCUT2D eigenvalue weighted by molar-refractivity contribution is 0.515. The van der Waals surface area contributed by atoms with Crippen molar-refractivity contribution in [3.05, 3.63) is 100 Å². The predicted octanol–water partition coefficient (Wildman–Crippen LogP) is 7.70. The van der Waals surface area contributed by atoms with E-state index in [1.807, 2.05) is 85.8 Å². The molecule has 0 saturated carbocycles. The van der Waals surface area contributed by atoms with Crippen molar-refractivity contribution in [3.8, 4) is 33.8 Å². The van der Waals surface area contributed by atoms with Crippen molar-refractivity contribution in [3.63, 3.8) is 0 Å². The van der Waals surface area contributed by atoms with E-state index in [0.717, 1.165) is 86.9 Å². The van der Waals surface area contributed by atoms with Crippen molar-refractivity contribution in [2.24, 2.45) is 29.8 Å². The number of hydrogen-bond donors (Lipinski definition) is 2. The summed E-state index contributed by atoms with van der Waals surface area (Å²) in [6, 6.07) is 17.8. The van der Waals surface area contributed by atoms with Gasteiger partial charge >= 0.3 is 0 Å². The molecule has 4 aromatic heterocycles. The molecule has 13 heteroatoms. The highest BCUT2D eigenvalue weighted by atomic mass is 35.5. The number of aryl methyl sites for hydroxylation is 2. The third kappa shape index (κ3) is 6.48. The first-order valence-corrected chi connectivity index (χ1v) is 18.2. The molecular weight excluding hydrogens is 684 g/mol. The number of aliphatic imine (C=N–C) groups is 2. The van der Waals surface area contributed by atoms with Gasteiger partial charge in [0.25, 0.3) is 5.95 Å². The molecule has 53 heavy (non-hydrogen) atoms. The normalized spacial score (nSPS) is 16.9. The van der Waals surface area contributed by atoms with Crippen molar-refractivity contribution in [1.29, 1.82) is 0 Å². The molecular formula is C40H41ClN12. The summed E-state index contributed by atoms with van der Waals surface area (Å²) in [5.41, 5.74) is 18.4. The Labute approximate surface area is 313 Å². The maximum Gasteiger partial charge on any atom is 0.251 e. The molecule has 0 amide bonds. The average molecular weight is 725 g/mol. The van der Waals surface area contributed by atoms with E-state index < -0.39 is 0 Å². The van der Waals surface area contributed by atoms with Gasteiger partial charge in [-0.15, -0.1) is 0 Å². The second kappa shape index (κ2) is 14.0. The van der Waals surface area contributed by atoms with Crippen LogP contribution in [0.3, 0.4) is 0 Å². The van der Waals surface area contributed by atoms with Crippen molar-refractivity contribution < 1.29 is 0 Å². The molecule has 4 heterocycles. The summed E-state index contributed by atoms with van der Waals surface area (Å²) in [7, 11) is 5.73. The number of amidine groups is 1. The van der Waals surface area contributed by atoms with Crippen LogP contribution in [0.25, 0.3) is 33.8 Å². The van der Waals surface area contributed by atoms with Gasteiger partial charge in [-0.25, -0.2) is 19.9 Å². The lowest BCUT2D eigenvalue weighted by Crippen LogP contribution is -2.17. The first-order valence-electron chi connectivity index (χ1n) is 17.9.